The zero-order chi connectivity index (χ0) is 22.0. The number of rotatable bonds is 6. The maximum Gasteiger partial charge on any atom is 0.210 e. The normalized spacial score (nSPS) is 14.9. The molecule has 0 N–H and O–H groups in total. The molecule has 0 fully saturated rings. The molecule has 2 aliphatic rings. The highest BCUT2D eigenvalue weighted by Crippen LogP contribution is 2.33. The Kier molecular flexibility index (Phi) is 5.29. The van der Waals surface area contributed by atoms with Gasteiger partial charge in [0.2, 0.25) is 9.84 Å². The fourth-order valence-electron chi connectivity index (χ4n) is 3.62. The first-order valence-electron chi connectivity index (χ1n) is 10.2. The highest BCUT2D eigenvalue weighted by molar-refractivity contribution is 7.91. The molecule has 32 heavy (non-hydrogen) atoms. The van der Waals surface area contributed by atoms with E-state index in [0.29, 0.717) is 24.7 Å². The summed E-state index contributed by atoms with van der Waals surface area (Å²) in [6.07, 6.45) is 8.01. The van der Waals surface area contributed by atoms with Crippen molar-refractivity contribution in [3.8, 4) is 11.5 Å². The standard InChI is InChI=1S/C26H21NO4S/c28-32(29,26-9-5-4-8-24(26)31-22-6-2-1-3-7-22)23-12-10-20(11-13-23)18-27-16-14-21-15-17-30-25(21)19-27/h1-16,19H,17-18H2. The second-order valence-corrected chi connectivity index (χ2v) is 9.38. The lowest BCUT2D eigenvalue weighted by Crippen LogP contribution is -2.13. The van der Waals surface area contributed by atoms with Gasteiger partial charge in [-0.1, -0.05) is 42.5 Å². The predicted octanol–water partition coefficient (Wildman–Crippen LogP) is 5.44. The van der Waals surface area contributed by atoms with Gasteiger partial charge in [0, 0.05) is 24.5 Å². The van der Waals surface area contributed by atoms with Crippen molar-refractivity contribution in [3.63, 3.8) is 0 Å². The fourth-order valence-corrected chi connectivity index (χ4v) is 5.00. The van der Waals surface area contributed by atoms with E-state index >= 15 is 0 Å². The largest absolute Gasteiger partial charge is 0.487 e. The topological polar surface area (TPSA) is 55.8 Å². The van der Waals surface area contributed by atoms with Gasteiger partial charge >= 0.3 is 0 Å². The van der Waals surface area contributed by atoms with Gasteiger partial charge in [0.25, 0.3) is 0 Å². The fraction of sp³-hybridized carbons (Fsp3) is 0.0769. The first-order valence-corrected chi connectivity index (χ1v) is 11.7. The van der Waals surface area contributed by atoms with Crippen molar-refractivity contribution in [3.05, 3.63) is 120 Å². The Morgan fingerprint density at radius 1 is 0.906 bits per heavy atom. The summed E-state index contributed by atoms with van der Waals surface area (Å²) in [7, 11) is -3.74. The number of fused-ring (bicyclic) bond motifs is 1. The van der Waals surface area contributed by atoms with Gasteiger partial charge in [-0.2, -0.15) is 0 Å². The molecule has 2 heterocycles. The van der Waals surface area contributed by atoms with E-state index in [1.165, 1.54) is 0 Å². The first kappa shape index (κ1) is 20.2. The molecule has 0 saturated heterocycles. The van der Waals surface area contributed by atoms with Crippen molar-refractivity contribution in [2.24, 2.45) is 0 Å². The third-order valence-electron chi connectivity index (χ3n) is 5.26. The number of para-hydroxylation sites is 2. The molecule has 0 saturated carbocycles. The lowest BCUT2D eigenvalue weighted by Gasteiger charge is -2.20. The lowest BCUT2D eigenvalue weighted by atomic mass is 10.1. The Morgan fingerprint density at radius 2 is 1.66 bits per heavy atom. The van der Waals surface area contributed by atoms with Gasteiger partial charge in [-0.05, 0) is 54.1 Å². The van der Waals surface area contributed by atoms with Crippen LogP contribution in [0.3, 0.4) is 0 Å². The third kappa shape index (κ3) is 4.05. The smallest absolute Gasteiger partial charge is 0.210 e. The van der Waals surface area contributed by atoms with E-state index < -0.39 is 9.84 Å². The quantitative estimate of drug-likeness (QED) is 0.508. The molecule has 0 atom stereocenters. The first-order chi connectivity index (χ1) is 15.6. The van der Waals surface area contributed by atoms with E-state index in [1.54, 1.807) is 48.5 Å². The van der Waals surface area contributed by atoms with Gasteiger partial charge in [-0.15, -0.1) is 0 Å². The monoisotopic (exact) mass is 443 g/mol. The number of hydrogen-bond donors (Lipinski definition) is 0. The van der Waals surface area contributed by atoms with Crippen molar-refractivity contribution in [2.45, 2.75) is 16.3 Å². The SMILES string of the molecule is O=S(=O)(c1ccc(CN2C=CC3=CCOC3=C2)cc1)c1ccccc1Oc1ccccc1. The van der Waals surface area contributed by atoms with E-state index in [2.05, 4.69) is 0 Å². The molecular weight excluding hydrogens is 422 g/mol. The molecule has 5 rings (SSSR count). The number of hydrogen-bond acceptors (Lipinski definition) is 5. The van der Waals surface area contributed by atoms with Crippen molar-refractivity contribution in [2.75, 3.05) is 6.61 Å². The molecule has 0 bridgehead atoms. The van der Waals surface area contributed by atoms with Gasteiger partial charge in [-0.3, -0.25) is 0 Å². The molecule has 6 heteroatoms. The third-order valence-corrected chi connectivity index (χ3v) is 7.07. The molecule has 0 aliphatic carbocycles. The average Bonchev–Trinajstić information content (AvgIpc) is 3.28. The van der Waals surface area contributed by atoms with Crippen LogP contribution in [0.25, 0.3) is 0 Å². The molecule has 3 aromatic carbocycles. The second kappa shape index (κ2) is 8.40. The van der Waals surface area contributed by atoms with Gasteiger partial charge in [-0.25, -0.2) is 8.42 Å². The van der Waals surface area contributed by atoms with Crippen molar-refractivity contribution in [1.82, 2.24) is 4.90 Å². The van der Waals surface area contributed by atoms with E-state index in [9.17, 15) is 8.42 Å². The Morgan fingerprint density at radius 3 is 2.47 bits per heavy atom. The van der Waals surface area contributed by atoms with Crippen LogP contribution in [-0.4, -0.2) is 19.9 Å². The average molecular weight is 444 g/mol. The van der Waals surface area contributed by atoms with Crippen LogP contribution in [0.1, 0.15) is 5.56 Å². The summed E-state index contributed by atoms with van der Waals surface area (Å²) >= 11 is 0. The van der Waals surface area contributed by atoms with Crippen molar-refractivity contribution in [1.29, 1.82) is 0 Å². The summed E-state index contributed by atoms with van der Waals surface area (Å²) < 4.78 is 38.1. The number of benzene rings is 3. The van der Waals surface area contributed by atoms with E-state index in [4.69, 9.17) is 9.47 Å². The van der Waals surface area contributed by atoms with Gasteiger partial charge in [0.1, 0.15) is 28.8 Å². The summed E-state index contributed by atoms with van der Waals surface area (Å²) in [4.78, 5) is 2.38. The maximum absolute atomic E-state index is 13.3. The Hall–Kier alpha value is -3.77. The molecule has 0 unspecified atom stereocenters. The van der Waals surface area contributed by atoms with Crippen molar-refractivity contribution >= 4 is 9.84 Å². The minimum atomic E-state index is -3.74. The Balaban J connectivity index is 1.37. The van der Waals surface area contributed by atoms with Crippen LogP contribution in [-0.2, 0) is 21.1 Å². The lowest BCUT2D eigenvalue weighted by molar-refractivity contribution is 0.265. The van der Waals surface area contributed by atoms with Crippen LogP contribution >= 0.6 is 0 Å². The van der Waals surface area contributed by atoms with Crippen LogP contribution in [0.15, 0.2) is 125 Å². The van der Waals surface area contributed by atoms with Gasteiger partial charge < -0.3 is 14.4 Å². The van der Waals surface area contributed by atoms with Crippen LogP contribution in [0.4, 0.5) is 0 Å². The Bertz CT molecular complexity index is 1320. The van der Waals surface area contributed by atoms with Crippen LogP contribution in [0.5, 0.6) is 11.5 Å². The zero-order valence-corrected chi connectivity index (χ0v) is 18.0. The number of sulfone groups is 1. The van der Waals surface area contributed by atoms with Crippen molar-refractivity contribution < 1.29 is 17.9 Å². The molecule has 3 aromatic rings. The second-order valence-electron chi connectivity index (χ2n) is 7.46. The van der Waals surface area contributed by atoms with Crippen LogP contribution < -0.4 is 4.74 Å². The van der Waals surface area contributed by atoms with E-state index in [-0.39, 0.29) is 9.79 Å². The van der Waals surface area contributed by atoms with E-state index in [1.807, 2.05) is 59.8 Å². The summed E-state index contributed by atoms with van der Waals surface area (Å²) in [6.45, 7) is 1.21. The number of nitrogens with zero attached hydrogens (tertiary/aromatic N) is 1. The molecule has 0 amide bonds. The molecule has 160 valence electrons. The highest BCUT2D eigenvalue weighted by atomic mass is 32.2. The molecular formula is C26H21NO4S. The van der Waals surface area contributed by atoms with Crippen LogP contribution in [0, 0.1) is 0 Å². The Labute approximate surface area is 187 Å². The zero-order valence-electron chi connectivity index (χ0n) is 17.2. The summed E-state index contributed by atoms with van der Waals surface area (Å²) in [5, 5.41) is 0. The molecule has 2 aliphatic heterocycles. The number of allylic oxidation sites excluding steroid dienone is 1. The summed E-state index contributed by atoms with van der Waals surface area (Å²) in [6, 6.07) is 22.8. The molecule has 0 spiro atoms. The maximum atomic E-state index is 13.3. The molecule has 0 radical (unpaired) electrons. The highest BCUT2D eigenvalue weighted by Gasteiger charge is 2.23. The minimum Gasteiger partial charge on any atom is -0.487 e. The molecule has 0 aromatic heterocycles. The van der Waals surface area contributed by atoms with Gasteiger partial charge in [0.15, 0.2) is 0 Å². The number of ether oxygens (including phenoxy) is 2. The minimum absolute atomic E-state index is 0.137. The summed E-state index contributed by atoms with van der Waals surface area (Å²) in [5.74, 6) is 1.74. The predicted molar refractivity (Wildman–Crippen MR) is 122 cm³/mol. The van der Waals surface area contributed by atoms with Gasteiger partial charge in [0.05, 0.1) is 4.90 Å². The summed E-state index contributed by atoms with van der Waals surface area (Å²) in [5.41, 5.74) is 2.09. The van der Waals surface area contributed by atoms with E-state index in [0.717, 1.165) is 16.9 Å². The van der Waals surface area contributed by atoms with Crippen LogP contribution in [0.2, 0.25) is 0 Å². The molecule has 5 nitrogen and oxygen atoms in total.